The molecule has 1 aliphatic rings. The van der Waals surface area contributed by atoms with E-state index in [1.54, 1.807) is 6.20 Å². The maximum atomic E-state index is 12.5. The van der Waals surface area contributed by atoms with Crippen LogP contribution in [0.25, 0.3) is 0 Å². The maximum absolute atomic E-state index is 12.5. The van der Waals surface area contributed by atoms with Crippen molar-refractivity contribution in [2.24, 2.45) is 0 Å². The normalized spacial score (nSPS) is 13.7. The zero-order valence-electron chi connectivity index (χ0n) is 12.4. The van der Waals surface area contributed by atoms with E-state index >= 15 is 0 Å². The Morgan fingerprint density at radius 1 is 1.27 bits per heavy atom. The van der Waals surface area contributed by atoms with Gasteiger partial charge in [-0.2, -0.15) is 0 Å². The lowest BCUT2D eigenvalue weighted by molar-refractivity contribution is -0.119. The van der Waals surface area contributed by atoms with E-state index in [0.29, 0.717) is 23.7 Å². The largest absolute Gasteiger partial charge is 0.454 e. The third-order valence-corrected chi connectivity index (χ3v) is 3.51. The molecule has 3 rings (SSSR count). The molecule has 1 aromatic carbocycles. The summed E-state index contributed by atoms with van der Waals surface area (Å²) in [5.41, 5.74) is 0.855. The van der Waals surface area contributed by atoms with Gasteiger partial charge in [0.25, 0.3) is 0 Å². The Hall–Kier alpha value is -2.56. The number of benzene rings is 1. The van der Waals surface area contributed by atoms with Crippen LogP contribution in [0.4, 0.5) is 5.82 Å². The minimum absolute atomic E-state index is 0.131. The minimum atomic E-state index is -0.440. The van der Waals surface area contributed by atoms with Gasteiger partial charge in [0.2, 0.25) is 6.79 Å². The molecule has 1 aromatic heterocycles. The van der Waals surface area contributed by atoms with Crippen molar-refractivity contribution in [2.75, 3.05) is 12.1 Å². The van der Waals surface area contributed by atoms with Gasteiger partial charge in [0.1, 0.15) is 11.9 Å². The fourth-order valence-electron chi connectivity index (χ4n) is 2.43. The Bertz CT molecular complexity index is 658. The number of aromatic nitrogens is 1. The number of hydrogen-bond donors (Lipinski definition) is 1. The van der Waals surface area contributed by atoms with Crippen LogP contribution in [0.15, 0.2) is 42.6 Å². The van der Waals surface area contributed by atoms with E-state index < -0.39 is 6.04 Å². The van der Waals surface area contributed by atoms with Crippen molar-refractivity contribution in [3.8, 4) is 11.5 Å². The van der Waals surface area contributed by atoms with Crippen LogP contribution < -0.4 is 14.8 Å². The van der Waals surface area contributed by atoms with Gasteiger partial charge in [0.15, 0.2) is 17.3 Å². The van der Waals surface area contributed by atoms with Crippen LogP contribution in [0.5, 0.6) is 11.5 Å². The van der Waals surface area contributed by atoms with Gasteiger partial charge >= 0.3 is 0 Å². The molecule has 1 aliphatic heterocycles. The van der Waals surface area contributed by atoms with Crippen molar-refractivity contribution in [3.05, 3.63) is 48.2 Å². The number of Topliss-reactive ketones (excluding diaryl/α,β-unsaturated/α-hetero) is 1. The van der Waals surface area contributed by atoms with E-state index in [4.69, 9.17) is 9.47 Å². The fourth-order valence-corrected chi connectivity index (χ4v) is 2.43. The Kier molecular flexibility index (Phi) is 4.23. The van der Waals surface area contributed by atoms with Crippen molar-refractivity contribution in [2.45, 2.75) is 25.8 Å². The van der Waals surface area contributed by atoms with Crippen molar-refractivity contribution in [3.63, 3.8) is 0 Å². The number of rotatable bonds is 6. The molecule has 0 bridgehead atoms. The highest BCUT2D eigenvalue weighted by atomic mass is 16.7. The van der Waals surface area contributed by atoms with Crippen molar-refractivity contribution in [1.82, 2.24) is 4.98 Å². The zero-order chi connectivity index (χ0) is 15.4. The summed E-state index contributed by atoms with van der Waals surface area (Å²) in [7, 11) is 0. The summed E-state index contributed by atoms with van der Waals surface area (Å²) in [6.07, 6.45) is 3.02. The summed E-state index contributed by atoms with van der Waals surface area (Å²) in [5, 5.41) is 3.21. The Balaban J connectivity index is 1.89. The summed E-state index contributed by atoms with van der Waals surface area (Å²) < 4.78 is 10.7. The smallest absolute Gasteiger partial charge is 0.231 e. The fraction of sp³-hybridized carbons (Fsp3) is 0.294. The van der Waals surface area contributed by atoms with E-state index in [0.717, 1.165) is 12.0 Å². The molecule has 114 valence electrons. The summed E-state index contributed by atoms with van der Waals surface area (Å²) in [4.78, 5) is 16.7. The molecule has 0 saturated heterocycles. The lowest BCUT2D eigenvalue weighted by Gasteiger charge is -2.19. The SMILES string of the molecule is CCCC(=O)C(Nc1ccccn1)c1ccc2c(c1)OCO2. The van der Waals surface area contributed by atoms with Gasteiger partial charge in [0, 0.05) is 12.6 Å². The van der Waals surface area contributed by atoms with E-state index in [9.17, 15) is 4.79 Å². The molecule has 5 nitrogen and oxygen atoms in total. The molecule has 0 aliphatic carbocycles. The number of fused-ring (bicyclic) bond motifs is 1. The number of ketones is 1. The molecular formula is C17H18N2O3. The van der Waals surface area contributed by atoms with E-state index in [-0.39, 0.29) is 12.6 Å². The monoisotopic (exact) mass is 298 g/mol. The predicted octanol–water partition coefficient (Wildman–Crippen LogP) is 3.33. The molecule has 0 spiro atoms. The first kappa shape index (κ1) is 14.4. The first-order valence-corrected chi connectivity index (χ1v) is 7.37. The third kappa shape index (κ3) is 3.03. The molecule has 2 aromatic rings. The van der Waals surface area contributed by atoms with Crippen LogP contribution in [0, 0.1) is 0 Å². The lowest BCUT2D eigenvalue weighted by atomic mass is 9.99. The number of carbonyl (C=O) groups excluding carboxylic acids is 1. The summed E-state index contributed by atoms with van der Waals surface area (Å²) in [5.74, 6) is 2.19. The highest BCUT2D eigenvalue weighted by molar-refractivity contribution is 5.88. The molecule has 1 atom stereocenters. The second kappa shape index (κ2) is 6.47. The Labute approximate surface area is 129 Å². The number of ether oxygens (including phenoxy) is 2. The first-order chi connectivity index (χ1) is 10.8. The molecule has 0 saturated carbocycles. The predicted molar refractivity (Wildman–Crippen MR) is 83.1 cm³/mol. The first-order valence-electron chi connectivity index (χ1n) is 7.37. The topological polar surface area (TPSA) is 60.5 Å². The van der Waals surface area contributed by atoms with E-state index in [1.807, 2.05) is 43.3 Å². The maximum Gasteiger partial charge on any atom is 0.231 e. The summed E-state index contributed by atoms with van der Waals surface area (Å²) >= 11 is 0. The van der Waals surface area contributed by atoms with Crippen LogP contribution in [-0.4, -0.2) is 17.6 Å². The number of pyridine rings is 1. The van der Waals surface area contributed by atoms with Gasteiger partial charge in [0.05, 0.1) is 0 Å². The van der Waals surface area contributed by atoms with Gasteiger partial charge < -0.3 is 14.8 Å². The summed E-state index contributed by atoms with van der Waals surface area (Å²) in [6, 6.07) is 10.7. The Morgan fingerprint density at radius 3 is 2.91 bits per heavy atom. The molecule has 0 amide bonds. The molecular weight excluding hydrogens is 280 g/mol. The van der Waals surface area contributed by atoms with Crippen molar-refractivity contribution >= 4 is 11.6 Å². The zero-order valence-corrected chi connectivity index (χ0v) is 12.4. The molecule has 5 heteroatoms. The van der Waals surface area contributed by atoms with Crippen LogP contribution in [0.2, 0.25) is 0 Å². The van der Waals surface area contributed by atoms with E-state index in [1.165, 1.54) is 0 Å². The van der Waals surface area contributed by atoms with Gasteiger partial charge in [-0.15, -0.1) is 0 Å². The second-order valence-electron chi connectivity index (χ2n) is 5.12. The van der Waals surface area contributed by atoms with E-state index in [2.05, 4.69) is 10.3 Å². The highest BCUT2D eigenvalue weighted by Gasteiger charge is 2.23. The van der Waals surface area contributed by atoms with Crippen molar-refractivity contribution < 1.29 is 14.3 Å². The minimum Gasteiger partial charge on any atom is -0.454 e. The Morgan fingerprint density at radius 2 is 2.14 bits per heavy atom. The molecule has 22 heavy (non-hydrogen) atoms. The van der Waals surface area contributed by atoms with Gasteiger partial charge in [-0.1, -0.05) is 19.1 Å². The number of hydrogen-bond acceptors (Lipinski definition) is 5. The average Bonchev–Trinajstić information content (AvgIpc) is 3.01. The van der Waals surface area contributed by atoms with Crippen LogP contribution in [0.1, 0.15) is 31.4 Å². The molecule has 1 N–H and O–H groups in total. The quantitative estimate of drug-likeness (QED) is 0.886. The molecule has 1 unspecified atom stereocenters. The summed E-state index contributed by atoms with van der Waals surface area (Å²) in [6.45, 7) is 2.22. The number of anilines is 1. The average molecular weight is 298 g/mol. The van der Waals surface area contributed by atoms with Crippen LogP contribution >= 0.6 is 0 Å². The van der Waals surface area contributed by atoms with Gasteiger partial charge in [-0.3, -0.25) is 4.79 Å². The van der Waals surface area contributed by atoms with Crippen LogP contribution in [0.3, 0.4) is 0 Å². The number of nitrogens with one attached hydrogen (secondary N) is 1. The van der Waals surface area contributed by atoms with Crippen LogP contribution in [-0.2, 0) is 4.79 Å². The second-order valence-corrected chi connectivity index (χ2v) is 5.12. The van der Waals surface area contributed by atoms with Gasteiger partial charge in [-0.05, 0) is 36.2 Å². The highest BCUT2D eigenvalue weighted by Crippen LogP contribution is 2.35. The number of nitrogens with zero attached hydrogens (tertiary/aromatic N) is 1. The van der Waals surface area contributed by atoms with Crippen molar-refractivity contribution in [1.29, 1.82) is 0 Å². The third-order valence-electron chi connectivity index (χ3n) is 3.51. The van der Waals surface area contributed by atoms with Gasteiger partial charge in [-0.25, -0.2) is 4.98 Å². The molecule has 0 radical (unpaired) electrons. The lowest BCUT2D eigenvalue weighted by Crippen LogP contribution is -2.21. The molecule has 2 heterocycles. The molecule has 0 fully saturated rings. The number of carbonyl (C=O) groups is 1. The standard InChI is InChI=1S/C17H18N2O3/c1-2-5-13(20)17(19-16-6-3-4-9-18-16)12-7-8-14-15(10-12)22-11-21-14/h3-4,6-10,17H,2,5,11H2,1H3,(H,18,19).